The van der Waals surface area contributed by atoms with Crippen molar-refractivity contribution in [3.05, 3.63) is 22.4 Å². The Bertz CT molecular complexity index is 374. The van der Waals surface area contributed by atoms with E-state index >= 15 is 0 Å². The van der Waals surface area contributed by atoms with Crippen LogP contribution in [0.5, 0.6) is 0 Å². The first-order valence-corrected chi connectivity index (χ1v) is 7.48. The predicted molar refractivity (Wildman–Crippen MR) is 78.5 cm³/mol. The van der Waals surface area contributed by atoms with Crippen LogP contribution >= 0.6 is 11.3 Å². The molecule has 1 atom stereocenters. The number of nitriles is 1. The number of hydrogen-bond acceptors (Lipinski definition) is 3. The molecule has 1 rings (SSSR count). The Kier molecular flexibility index (Phi) is 5.84. The van der Waals surface area contributed by atoms with Gasteiger partial charge in [0.25, 0.3) is 0 Å². The quantitative estimate of drug-likeness (QED) is 0.794. The highest BCUT2D eigenvalue weighted by molar-refractivity contribution is 7.10. The third-order valence-electron chi connectivity index (χ3n) is 3.23. The average Bonchev–Trinajstić information content (AvgIpc) is 2.79. The van der Waals surface area contributed by atoms with Gasteiger partial charge in [0, 0.05) is 23.9 Å². The molecule has 1 aromatic heterocycles. The van der Waals surface area contributed by atoms with Crippen molar-refractivity contribution in [3.63, 3.8) is 0 Å². The molecule has 1 heterocycles. The van der Waals surface area contributed by atoms with E-state index in [1.54, 1.807) is 0 Å². The fraction of sp³-hybridized carbons (Fsp3) is 0.667. The van der Waals surface area contributed by atoms with E-state index in [2.05, 4.69) is 56.6 Å². The monoisotopic (exact) mass is 264 g/mol. The Hall–Kier alpha value is -0.850. The van der Waals surface area contributed by atoms with E-state index in [-0.39, 0.29) is 5.41 Å². The maximum absolute atomic E-state index is 8.68. The van der Waals surface area contributed by atoms with E-state index < -0.39 is 0 Å². The first-order valence-electron chi connectivity index (χ1n) is 6.60. The van der Waals surface area contributed by atoms with Crippen molar-refractivity contribution >= 4 is 11.3 Å². The van der Waals surface area contributed by atoms with Crippen molar-refractivity contribution in [2.75, 3.05) is 6.54 Å². The molecule has 0 saturated carbocycles. The molecular formula is C15H24N2S. The zero-order valence-corrected chi connectivity index (χ0v) is 12.7. The van der Waals surface area contributed by atoms with Gasteiger partial charge in [-0.05, 0) is 29.2 Å². The Morgan fingerprint density at radius 1 is 1.44 bits per heavy atom. The van der Waals surface area contributed by atoms with Crippen molar-refractivity contribution in [3.8, 4) is 6.07 Å². The molecule has 18 heavy (non-hydrogen) atoms. The molecule has 0 amide bonds. The minimum absolute atomic E-state index is 0.181. The van der Waals surface area contributed by atoms with Crippen LogP contribution in [0.1, 0.15) is 51.5 Å². The summed E-state index contributed by atoms with van der Waals surface area (Å²) in [6.07, 6.45) is 1.59. The topological polar surface area (TPSA) is 35.8 Å². The first kappa shape index (κ1) is 15.2. The van der Waals surface area contributed by atoms with Crippen LogP contribution in [0.2, 0.25) is 0 Å². The summed E-state index contributed by atoms with van der Waals surface area (Å²) in [5, 5.41) is 14.5. The lowest BCUT2D eigenvalue weighted by molar-refractivity contribution is 0.282. The highest BCUT2D eigenvalue weighted by atomic mass is 32.1. The number of nitrogens with zero attached hydrogens (tertiary/aromatic N) is 1. The number of nitrogens with one attached hydrogen (secondary N) is 1. The lowest BCUT2D eigenvalue weighted by Crippen LogP contribution is -2.34. The van der Waals surface area contributed by atoms with Gasteiger partial charge in [-0.25, -0.2) is 0 Å². The molecular weight excluding hydrogens is 240 g/mol. The third-order valence-corrected chi connectivity index (χ3v) is 4.19. The van der Waals surface area contributed by atoms with Crippen LogP contribution in [0, 0.1) is 22.7 Å². The summed E-state index contributed by atoms with van der Waals surface area (Å²) in [6, 6.07) is 6.97. The maximum Gasteiger partial charge on any atom is 0.0621 e. The van der Waals surface area contributed by atoms with E-state index in [9.17, 15) is 0 Å². The minimum atomic E-state index is 0.181. The molecule has 0 aliphatic rings. The van der Waals surface area contributed by atoms with E-state index in [0.29, 0.717) is 18.4 Å². The van der Waals surface area contributed by atoms with Gasteiger partial charge in [0.1, 0.15) is 0 Å². The van der Waals surface area contributed by atoms with Crippen molar-refractivity contribution in [2.45, 2.75) is 46.6 Å². The van der Waals surface area contributed by atoms with Gasteiger partial charge in [0.2, 0.25) is 0 Å². The second kappa shape index (κ2) is 6.92. The van der Waals surface area contributed by atoms with Gasteiger partial charge in [-0.1, -0.05) is 33.8 Å². The van der Waals surface area contributed by atoms with Crippen LogP contribution in [0.4, 0.5) is 0 Å². The first-order chi connectivity index (χ1) is 8.46. The van der Waals surface area contributed by atoms with E-state index in [0.717, 1.165) is 13.0 Å². The number of thiophene rings is 1. The molecule has 100 valence electrons. The van der Waals surface area contributed by atoms with Crippen LogP contribution < -0.4 is 5.32 Å². The summed E-state index contributed by atoms with van der Waals surface area (Å²) in [5.74, 6) is 0.579. The molecule has 1 unspecified atom stereocenters. The molecule has 0 aliphatic carbocycles. The largest absolute Gasteiger partial charge is 0.308 e. The molecule has 0 fully saturated rings. The second-order valence-corrected chi connectivity index (χ2v) is 6.92. The van der Waals surface area contributed by atoms with Gasteiger partial charge in [0.05, 0.1) is 6.07 Å². The Labute approximate surface area is 115 Å². The van der Waals surface area contributed by atoms with Gasteiger partial charge in [-0.3, -0.25) is 0 Å². The fourth-order valence-electron chi connectivity index (χ4n) is 2.00. The van der Waals surface area contributed by atoms with Gasteiger partial charge >= 0.3 is 0 Å². The second-order valence-electron chi connectivity index (χ2n) is 5.94. The maximum atomic E-state index is 8.68. The predicted octanol–water partition coefficient (Wildman–Crippen LogP) is 4.36. The van der Waals surface area contributed by atoms with Crippen LogP contribution in [-0.2, 0) is 0 Å². The number of hydrogen-bond donors (Lipinski definition) is 1. The SMILES string of the molecule is CC(C)C(NCC(C)(C)CCC#N)c1cccs1. The van der Waals surface area contributed by atoms with E-state index in [1.807, 2.05) is 11.3 Å². The van der Waals surface area contributed by atoms with Gasteiger partial charge in [0.15, 0.2) is 0 Å². The molecule has 0 saturated heterocycles. The van der Waals surface area contributed by atoms with Crippen LogP contribution in [0.25, 0.3) is 0 Å². The minimum Gasteiger partial charge on any atom is -0.308 e. The summed E-state index contributed by atoms with van der Waals surface area (Å²) in [5.41, 5.74) is 0.181. The van der Waals surface area contributed by atoms with Crippen LogP contribution in [-0.4, -0.2) is 6.54 Å². The van der Waals surface area contributed by atoms with E-state index in [4.69, 9.17) is 5.26 Å². The third kappa shape index (κ3) is 4.80. The molecule has 1 aromatic rings. The fourth-order valence-corrected chi connectivity index (χ4v) is 2.98. The van der Waals surface area contributed by atoms with E-state index in [1.165, 1.54) is 4.88 Å². The Balaban J connectivity index is 2.56. The zero-order chi connectivity index (χ0) is 13.6. The molecule has 0 aliphatic heterocycles. The summed E-state index contributed by atoms with van der Waals surface area (Å²) >= 11 is 1.81. The molecule has 0 radical (unpaired) electrons. The van der Waals surface area contributed by atoms with Gasteiger partial charge in [-0.15, -0.1) is 11.3 Å². The molecule has 2 nitrogen and oxygen atoms in total. The normalized spacial score (nSPS) is 13.6. The lowest BCUT2D eigenvalue weighted by Gasteiger charge is -2.29. The standard InChI is InChI=1S/C15H24N2S/c1-12(2)14(13-7-5-10-18-13)17-11-15(3,4)8-6-9-16/h5,7,10,12,14,17H,6,8,11H2,1-4H3. The molecule has 0 spiro atoms. The number of rotatable bonds is 7. The average molecular weight is 264 g/mol. The summed E-state index contributed by atoms with van der Waals surface area (Å²) in [7, 11) is 0. The summed E-state index contributed by atoms with van der Waals surface area (Å²) < 4.78 is 0. The summed E-state index contributed by atoms with van der Waals surface area (Å²) in [4.78, 5) is 1.40. The van der Waals surface area contributed by atoms with Crippen LogP contribution in [0.3, 0.4) is 0 Å². The highest BCUT2D eigenvalue weighted by Crippen LogP contribution is 2.28. The zero-order valence-electron chi connectivity index (χ0n) is 11.9. The molecule has 0 aromatic carbocycles. The lowest BCUT2D eigenvalue weighted by atomic mass is 9.87. The smallest absolute Gasteiger partial charge is 0.0621 e. The van der Waals surface area contributed by atoms with Crippen LogP contribution in [0.15, 0.2) is 17.5 Å². The van der Waals surface area contributed by atoms with Crippen molar-refractivity contribution in [1.82, 2.24) is 5.32 Å². The van der Waals surface area contributed by atoms with Crippen molar-refractivity contribution in [2.24, 2.45) is 11.3 Å². The van der Waals surface area contributed by atoms with Gasteiger partial charge < -0.3 is 5.32 Å². The van der Waals surface area contributed by atoms with Crippen molar-refractivity contribution < 1.29 is 0 Å². The van der Waals surface area contributed by atoms with Crippen molar-refractivity contribution in [1.29, 1.82) is 5.26 Å². The highest BCUT2D eigenvalue weighted by Gasteiger charge is 2.22. The Morgan fingerprint density at radius 2 is 2.17 bits per heavy atom. The summed E-state index contributed by atoms with van der Waals surface area (Å²) in [6.45, 7) is 9.90. The molecule has 1 N–H and O–H groups in total. The Morgan fingerprint density at radius 3 is 2.67 bits per heavy atom. The molecule has 0 bridgehead atoms. The molecule has 3 heteroatoms. The van der Waals surface area contributed by atoms with Gasteiger partial charge in [-0.2, -0.15) is 5.26 Å².